The van der Waals surface area contributed by atoms with Gasteiger partial charge in [-0.05, 0) is 30.2 Å². The molecule has 0 aliphatic carbocycles. The lowest BCUT2D eigenvalue weighted by Gasteiger charge is -2.03. The summed E-state index contributed by atoms with van der Waals surface area (Å²) >= 11 is 0. The zero-order valence-electron chi connectivity index (χ0n) is 11.6. The minimum atomic E-state index is -1.13. The molecule has 1 rings (SSSR count). The Kier molecular flexibility index (Phi) is 6.67. The fourth-order valence-corrected chi connectivity index (χ4v) is 1.54. The van der Waals surface area contributed by atoms with Crippen LogP contribution in [0.3, 0.4) is 0 Å². The maximum atomic E-state index is 10.9. The summed E-state index contributed by atoms with van der Waals surface area (Å²) in [5, 5.41) is 17.5. The van der Waals surface area contributed by atoms with E-state index in [9.17, 15) is 9.59 Å². The summed E-state index contributed by atoms with van der Waals surface area (Å²) in [7, 11) is 1.58. The van der Waals surface area contributed by atoms with Gasteiger partial charge >= 0.3 is 11.9 Å². The molecule has 1 aromatic carbocycles. The van der Waals surface area contributed by atoms with Crippen LogP contribution in [0, 0.1) is 0 Å². The Balaban J connectivity index is 2.58. The first-order chi connectivity index (χ1) is 10.0. The third-order valence-electron chi connectivity index (χ3n) is 2.67. The van der Waals surface area contributed by atoms with Crippen molar-refractivity contribution in [1.29, 1.82) is 0 Å². The van der Waals surface area contributed by atoms with E-state index in [1.807, 2.05) is 24.3 Å². The number of aliphatic carboxylic acids is 2. The van der Waals surface area contributed by atoms with Gasteiger partial charge in [-0.2, -0.15) is 0 Å². The Hall–Kier alpha value is -2.63. The van der Waals surface area contributed by atoms with E-state index in [4.69, 9.17) is 14.9 Å². The lowest BCUT2D eigenvalue weighted by Crippen LogP contribution is -2.19. The van der Waals surface area contributed by atoms with Gasteiger partial charge in [-0.3, -0.25) is 9.79 Å². The predicted molar refractivity (Wildman–Crippen MR) is 78.8 cm³/mol. The molecule has 0 fully saturated rings. The van der Waals surface area contributed by atoms with E-state index in [-0.39, 0.29) is 12.8 Å². The van der Waals surface area contributed by atoms with Crippen molar-refractivity contribution in [2.45, 2.75) is 18.9 Å². The maximum Gasteiger partial charge on any atom is 0.328 e. The standard InChI is InChI=1S/C15H17NO5/c1-21-12-6-4-11(5-7-12)3-2-10-16-13(15(19)20)8-9-14(17)18/h2-7,10,13H,8-9H2,1H3,(H,17,18)(H,19,20)/b3-2+,16-10?. The van der Waals surface area contributed by atoms with E-state index in [2.05, 4.69) is 4.99 Å². The largest absolute Gasteiger partial charge is 0.497 e. The SMILES string of the molecule is COc1ccc(/C=C/C=NC(CCC(=O)O)C(=O)O)cc1. The van der Waals surface area contributed by atoms with Crippen LogP contribution >= 0.6 is 0 Å². The van der Waals surface area contributed by atoms with Crippen molar-refractivity contribution in [3.8, 4) is 5.75 Å². The van der Waals surface area contributed by atoms with Crippen LogP contribution in [0.25, 0.3) is 6.08 Å². The number of carbonyl (C=O) groups is 2. The second-order valence-corrected chi connectivity index (χ2v) is 4.22. The molecule has 6 heteroatoms. The molecule has 0 radical (unpaired) electrons. The Morgan fingerprint density at radius 1 is 1.29 bits per heavy atom. The summed E-state index contributed by atoms with van der Waals surface area (Å²) in [6, 6.07) is 6.28. The average Bonchev–Trinajstić information content (AvgIpc) is 2.46. The minimum Gasteiger partial charge on any atom is -0.497 e. The number of rotatable bonds is 8. The number of carboxylic acid groups (broad SMARTS) is 2. The topological polar surface area (TPSA) is 96.2 Å². The molecular formula is C15H17NO5. The number of methoxy groups -OCH3 is 1. The highest BCUT2D eigenvalue weighted by molar-refractivity contribution is 5.82. The lowest BCUT2D eigenvalue weighted by molar-refractivity contribution is -0.139. The van der Waals surface area contributed by atoms with Gasteiger partial charge in [-0.1, -0.05) is 18.2 Å². The highest BCUT2D eigenvalue weighted by Gasteiger charge is 2.16. The van der Waals surface area contributed by atoms with Crippen LogP contribution in [0.1, 0.15) is 18.4 Å². The molecule has 0 saturated carbocycles. The molecule has 0 aliphatic rings. The average molecular weight is 291 g/mol. The number of ether oxygens (including phenoxy) is 1. The van der Waals surface area contributed by atoms with E-state index in [0.717, 1.165) is 11.3 Å². The summed E-state index contributed by atoms with van der Waals surface area (Å²) in [6.07, 6.45) is 4.48. The Morgan fingerprint density at radius 3 is 2.48 bits per heavy atom. The number of hydrogen-bond donors (Lipinski definition) is 2. The molecule has 112 valence electrons. The van der Waals surface area contributed by atoms with Crippen LogP contribution in [0.2, 0.25) is 0 Å². The summed E-state index contributed by atoms with van der Waals surface area (Å²) in [6.45, 7) is 0. The smallest absolute Gasteiger partial charge is 0.328 e. The second kappa shape index (κ2) is 8.52. The van der Waals surface area contributed by atoms with Crippen molar-refractivity contribution < 1.29 is 24.5 Å². The van der Waals surface area contributed by atoms with Crippen molar-refractivity contribution in [2.75, 3.05) is 7.11 Å². The van der Waals surface area contributed by atoms with E-state index < -0.39 is 18.0 Å². The molecule has 0 amide bonds. The summed E-state index contributed by atoms with van der Waals surface area (Å²) < 4.78 is 5.04. The highest BCUT2D eigenvalue weighted by atomic mass is 16.5. The molecule has 0 spiro atoms. The van der Waals surface area contributed by atoms with Gasteiger partial charge in [0.25, 0.3) is 0 Å². The van der Waals surface area contributed by atoms with E-state index >= 15 is 0 Å². The Morgan fingerprint density at radius 2 is 1.95 bits per heavy atom. The molecule has 0 aromatic heterocycles. The fourth-order valence-electron chi connectivity index (χ4n) is 1.54. The van der Waals surface area contributed by atoms with Crippen LogP contribution in [-0.2, 0) is 9.59 Å². The number of carboxylic acids is 2. The van der Waals surface area contributed by atoms with Gasteiger partial charge in [0, 0.05) is 12.6 Å². The zero-order chi connectivity index (χ0) is 15.7. The molecule has 21 heavy (non-hydrogen) atoms. The van der Waals surface area contributed by atoms with Gasteiger partial charge in [0.1, 0.15) is 11.8 Å². The van der Waals surface area contributed by atoms with Crippen LogP contribution in [0.5, 0.6) is 5.75 Å². The normalized spacial score (nSPS) is 12.6. The van der Waals surface area contributed by atoms with Gasteiger partial charge in [0.05, 0.1) is 7.11 Å². The first kappa shape index (κ1) is 16.4. The maximum absolute atomic E-state index is 10.9. The van der Waals surface area contributed by atoms with Gasteiger partial charge < -0.3 is 14.9 Å². The van der Waals surface area contributed by atoms with E-state index in [1.165, 1.54) is 6.21 Å². The van der Waals surface area contributed by atoms with Crippen molar-refractivity contribution in [3.05, 3.63) is 35.9 Å². The monoisotopic (exact) mass is 291 g/mol. The third-order valence-corrected chi connectivity index (χ3v) is 2.67. The van der Waals surface area contributed by atoms with Crippen LogP contribution in [0.4, 0.5) is 0 Å². The number of hydrogen-bond acceptors (Lipinski definition) is 4. The quantitative estimate of drug-likeness (QED) is 0.715. The predicted octanol–water partition coefficient (Wildman–Crippen LogP) is 2.10. The molecule has 6 nitrogen and oxygen atoms in total. The molecule has 0 bridgehead atoms. The third kappa shape index (κ3) is 6.38. The number of aliphatic imine (C=N–C) groups is 1. The molecule has 0 aliphatic heterocycles. The van der Waals surface area contributed by atoms with Crippen LogP contribution < -0.4 is 4.74 Å². The summed E-state index contributed by atoms with van der Waals surface area (Å²) in [5.74, 6) is -1.42. The Labute approximate surface area is 122 Å². The van der Waals surface area contributed by atoms with Crippen molar-refractivity contribution in [2.24, 2.45) is 4.99 Å². The van der Waals surface area contributed by atoms with Crippen LogP contribution in [0.15, 0.2) is 35.3 Å². The fraction of sp³-hybridized carbons (Fsp3) is 0.267. The molecule has 1 atom stereocenters. The molecule has 0 heterocycles. The molecular weight excluding hydrogens is 274 g/mol. The zero-order valence-corrected chi connectivity index (χ0v) is 11.6. The Bertz CT molecular complexity index is 533. The molecule has 0 saturated heterocycles. The first-order valence-corrected chi connectivity index (χ1v) is 6.31. The highest BCUT2D eigenvalue weighted by Crippen LogP contribution is 2.12. The van der Waals surface area contributed by atoms with Gasteiger partial charge in [-0.15, -0.1) is 0 Å². The van der Waals surface area contributed by atoms with Gasteiger partial charge in [0.15, 0.2) is 0 Å². The second-order valence-electron chi connectivity index (χ2n) is 4.22. The summed E-state index contributed by atoms with van der Waals surface area (Å²) in [4.78, 5) is 25.2. The molecule has 1 aromatic rings. The van der Waals surface area contributed by atoms with E-state index in [0.29, 0.717) is 0 Å². The van der Waals surface area contributed by atoms with E-state index in [1.54, 1.807) is 19.3 Å². The van der Waals surface area contributed by atoms with Crippen molar-refractivity contribution in [3.63, 3.8) is 0 Å². The summed E-state index contributed by atoms with van der Waals surface area (Å²) in [5.41, 5.74) is 0.916. The number of nitrogens with zero attached hydrogens (tertiary/aromatic N) is 1. The molecule has 1 unspecified atom stereocenters. The minimum absolute atomic E-state index is 0.0302. The van der Waals surface area contributed by atoms with Gasteiger partial charge in [0.2, 0.25) is 0 Å². The number of allylic oxidation sites excluding steroid dienone is 1. The van der Waals surface area contributed by atoms with Crippen LogP contribution in [-0.4, -0.2) is 41.5 Å². The van der Waals surface area contributed by atoms with Gasteiger partial charge in [-0.25, -0.2) is 4.79 Å². The lowest BCUT2D eigenvalue weighted by atomic mass is 10.1. The number of benzene rings is 1. The first-order valence-electron chi connectivity index (χ1n) is 6.31. The van der Waals surface area contributed by atoms with Crippen molar-refractivity contribution >= 4 is 24.2 Å². The molecule has 2 N–H and O–H groups in total. The van der Waals surface area contributed by atoms with Crippen molar-refractivity contribution in [1.82, 2.24) is 0 Å².